The Bertz CT molecular complexity index is 425. The van der Waals surface area contributed by atoms with Crippen LogP contribution in [0.2, 0.25) is 0 Å². The number of amides is 1. The van der Waals surface area contributed by atoms with Crippen molar-refractivity contribution in [3.8, 4) is 0 Å². The van der Waals surface area contributed by atoms with Gasteiger partial charge >= 0.3 is 12.1 Å². The van der Waals surface area contributed by atoms with Crippen LogP contribution in [0.1, 0.15) is 15.9 Å². The molecule has 0 aliphatic heterocycles. The van der Waals surface area contributed by atoms with Crippen molar-refractivity contribution < 1.29 is 19.4 Å². The summed E-state index contributed by atoms with van der Waals surface area (Å²) >= 11 is 0. The molecule has 96 valence electrons. The molecule has 0 bridgehead atoms. The van der Waals surface area contributed by atoms with Crippen LogP contribution in [0.3, 0.4) is 0 Å². The van der Waals surface area contributed by atoms with Crippen LogP contribution in [0, 0.1) is 0 Å². The monoisotopic (exact) mass is 249 g/mol. The van der Waals surface area contributed by atoms with Crippen LogP contribution in [0.15, 0.2) is 36.9 Å². The summed E-state index contributed by atoms with van der Waals surface area (Å²) in [7, 11) is 0. The van der Waals surface area contributed by atoms with Crippen LogP contribution in [0.5, 0.6) is 0 Å². The van der Waals surface area contributed by atoms with Gasteiger partial charge in [0, 0.05) is 6.54 Å². The first-order valence-electron chi connectivity index (χ1n) is 5.47. The van der Waals surface area contributed by atoms with E-state index in [1.54, 1.807) is 12.1 Å². The van der Waals surface area contributed by atoms with E-state index in [2.05, 4.69) is 11.9 Å². The third-order valence-corrected chi connectivity index (χ3v) is 2.22. The predicted octanol–water partition coefficient (Wildman–Crippen LogP) is 1.84. The average Bonchev–Trinajstić information content (AvgIpc) is 2.37. The van der Waals surface area contributed by atoms with Crippen molar-refractivity contribution in [2.75, 3.05) is 13.2 Å². The molecule has 18 heavy (non-hydrogen) atoms. The number of aromatic carboxylic acids is 1. The van der Waals surface area contributed by atoms with Gasteiger partial charge in [-0.1, -0.05) is 24.8 Å². The SMILES string of the molecule is C=CCOC(=O)NCCc1ccc(C(=O)O)cc1. The van der Waals surface area contributed by atoms with E-state index in [9.17, 15) is 9.59 Å². The van der Waals surface area contributed by atoms with Gasteiger partial charge in [0.15, 0.2) is 0 Å². The van der Waals surface area contributed by atoms with E-state index in [-0.39, 0.29) is 12.2 Å². The zero-order valence-electron chi connectivity index (χ0n) is 9.89. The van der Waals surface area contributed by atoms with Crippen LogP contribution in [-0.2, 0) is 11.2 Å². The van der Waals surface area contributed by atoms with Crippen LogP contribution in [0.4, 0.5) is 4.79 Å². The molecule has 0 atom stereocenters. The van der Waals surface area contributed by atoms with Crippen LogP contribution >= 0.6 is 0 Å². The van der Waals surface area contributed by atoms with Crippen molar-refractivity contribution >= 4 is 12.1 Å². The van der Waals surface area contributed by atoms with E-state index in [0.29, 0.717) is 13.0 Å². The molecule has 1 amide bonds. The molecule has 1 aromatic rings. The normalized spacial score (nSPS) is 9.56. The van der Waals surface area contributed by atoms with E-state index in [0.717, 1.165) is 5.56 Å². The summed E-state index contributed by atoms with van der Waals surface area (Å²) < 4.78 is 4.73. The molecule has 0 saturated carbocycles. The second-order valence-corrected chi connectivity index (χ2v) is 3.57. The van der Waals surface area contributed by atoms with E-state index in [1.807, 2.05) is 0 Å². The average molecular weight is 249 g/mol. The van der Waals surface area contributed by atoms with E-state index in [1.165, 1.54) is 18.2 Å². The fourth-order valence-electron chi connectivity index (χ4n) is 1.31. The molecule has 0 saturated heterocycles. The van der Waals surface area contributed by atoms with Crippen LogP contribution < -0.4 is 5.32 Å². The minimum absolute atomic E-state index is 0.180. The highest BCUT2D eigenvalue weighted by atomic mass is 16.5. The third-order valence-electron chi connectivity index (χ3n) is 2.22. The second kappa shape index (κ2) is 7.11. The molecule has 0 radical (unpaired) electrons. The maximum atomic E-state index is 11.1. The number of rotatable bonds is 6. The standard InChI is InChI=1S/C13H15NO4/c1-2-9-18-13(17)14-8-7-10-3-5-11(6-4-10)12(15)16/h2-6H,1,7-9H2,(H,14,17)(H,15,16). The summed E-state index contributed by atoms with van der Waals surface area (Å²) in [4.78, 5) is 21.7. The fraction of sp³-hybridized carbons (Fsp3) is 0.231. The molecule has 0 unspecified atom stereocenters. The molecule has 0 aromatic heterocycles. The Kier molecular flexibility index (Phi) is 5.44. The predicted molar refractivity (Wildman–Crippen MR) is 66.7 cm³/mol. The lowest BCUT2D eigenvalue weighted by Gasteiger charge is -2.05. The molecule has 0 aliphatic carbocycles. The highest BCUT2D eigenvalue weighted by Gasteiger charge is 2.03. The van der Waals surface area contributed by atoms with E-state index in [4.69, 9.17) is 9.84 Å². The Labute approximate surface area is 105 Å². The topological polar surface area (TPSA) is 75.6 Å². The molecule has 5 nitrogen and oxygen atoms in total. The van der Waals surface area contributed by atoms with Crippen LogP contribution in [0.25, 0.3) is 0 Å². The zero-order valence-corrected chi connectivity index (χ0v) is 9.89. The largest absolute Gasteiger partial charge is 0.478 e. The minimum Gasteiger partial charge on any atom is -0.478 e. The van der Waals surface area contributed by atoms with Gasteiger partial charge < -0.3 is 15.2 Å². The maximum absolute atomic E-state index is 11.1. The number of carboxylic acid groups (broad SMARTS) is 1. The van der Waals surface area contributed by atoms with Gasteiger partial charge in [-0.3, -0.25) is 0 Å². The molecule has 2 N–H and O–H groups in total. The lowest BCUT2D eigenvalue weighted by Crippen LogP contribution is -2.26. The Morgan fingerprint density at radius 1 is 1.33 bits per heavy atom. The molecule has 0 aliphatic rings. The molecular formula is C13H15NO4. The van der Waals surface area contributed by atoms with E-state index >= 15 is 0 Å². The molecule has 1 rings (SSSR count). The first-order chi connectivity index (χ1) is 8.63. The maximum Gasteiger partial charge on any atom is 0.407 e. The van der Waals surface area contributed by atoms with E-state index < -0.39 is 12.1 Å². The lowest BCUT2D eigenvalue weighted by atomic mass is 10.1. The second-order valence-electron chi connectivity index (χ2n) is 3.57. The summed E-state index contributed by atoms with van der Waals surface area (Å²) in [6.45, 7) is 4.04. The molecule has 0 fully saturated rings. The summed E-state index contributed by atoms with van der Waals surface area (Å²) in [5, 5.41) is 11.3. The first kappa shape index (κ1) is 13.8. The number of carbonyl (C=O) groups excluding carboxylic acids is 1. The zero-order chi connectivity index (χ0) is 13.4. The highest BCUT2D eigenvalue weighted by molar-refractivity contribution is 5.87. The summed E-state index contributed by atoms with van der Waals surface area (Å²) in [5.74, 6) is -0.951. The van der Waals surface area contributed by atoms with Gasteiger partial charge in [-0.2, -0.15) is 0 Å². The first-order valence-corrected chi connectivity index (χ1v) is 5.47. The van der Waals surface area contributed by atoms with Gasteiger partial charge in [0.2, 0.25) is 0 Å². The smallest absolute Gasteiger partial charge is 0.407 e. The Morgan fingerprint density at radius 2 is 2.00 bits per heavy atom. The number of ether oxygens (including phenoxy) is 1. The number of nitrogens with one attached hydrogen (secondary N) is 1. The number of benzene rings is 1. The van der Waals surface area contributed by atoms with Gasteiger partial charge in [0.05, 0.1) is 5.56 Å². The van der Waals surface area contributed by atoms with Crippen molar-refractivity contribution in [1.29, 1.82) is 0 Å². The van der Waals surface area contributed by atoms with Gasteiger partial charge in [-0.15, -0.1) is 0 Å². The van der Waals surface area contributed by atoms with Gasteiger partial charge in [0.1, 0.15) is 6.61 Å². The number of alkyl carbamates (subject to hydrolysis) is 1. The van der Waals surface area contributed by atoms with Gasteiger partial charge in [-0.25, -0.2) is 9.59 Å². The Hall–Kier alpha value is -2.30. The summed E-state index contributed by atoms with van der Waals surface area (Å²) in [5.41, 5.74) is 1.20. The summed E-state index contributed by atoms with van der Waals surface area (Å²) in [6.07, 6.45) is 1.62. The van der Waals surface area contributed by atoms with Crippen molar-refractivity contribution in [3.05, 3.63) is 48.0 Å². The lowest BCUT2D eigenvalue weighted by molar-refractivity contribution is 0.0697. The molecule has 0 heterocycles. The molecular weight excluding hydrogens is 234 g/mol. The van der Waals surface area contributed by atoms with Gasteiger partial charge in [-0.05, 0) is 24.1 Å². The molecule has 1 aromatic carbocycles. The number of carboxylic acids is 1. The number of hydrogen-bond acceptors (Lipinski definition) is 3. The van der Waals surface area contributed by atoms with Gasteiger partial charge in [0.25, 0.3) is 0 Å². The Morgan fingerprint density at radius 3 is 2.56 bits per heavy atom. The van der Waals surface area contributed by atoms with Crippen molar-refractivity contribution in [3.63, 3.8) is 0 Å². The molecule has 0 spiro atoms. The molecule has 5 heteroatoms. The van der Waals surface area contributed by atoms with Crippen molar-refractivity contribution in [2.45, 2.75) is 6.42 Å². The quantitative estimate of drug-likeness (QED) is 0.754. The number of carbonyl (C=O) groups is 2. The van der Waals surface area contributed by atoms with Crippen LogP contribution in [-0.4, -0.2) is 30.3 Å². The summed E-state index contributed by atoms with van der Waals surface area (Å²) in [6, 6.07) is 6.52. The van der Waals surface area contributed by atoms with Crippen molar-refractivity contribution in [2.24, 2.45) is 0 Å². The number of hydrogen-bond donors (Lipinski definition) is 2. The fourth-order valence-corrected chi connectivity index (χ4v) is 1.31. The Balaban J connectivity index is 2.33. The van der Waals surface area contributed by atoms with Crippen molar-refractivity contribution in [1.82, 2.24) is 5.32 Å². The highest BCUT2D eigenvalue weighted by Crippen LogP contribution is 2.04. The third kappa shape index (κ3) is 4.69. The minimum atomic E-state index is -0.951.